The van der Waals surface area contributed by atoms with Crippen LogP contribution in [0.15, 0.2) is 24.3 Å². The Bertz CT molecular complexity index is 340. The van der Waals surface area contributed by atoms with Crippen molar-refractivity contribution in [3.63, 3.8) is 0 Å². The number of hydrogen-bond acceptors (Lipinski definition) is 2. The highest BCUT2D eigenvalue weighted by Crippen LogP contribution is 2.11. The van der Waals surface area contributed by atoms with E-state index in [0.717, 1.165) is 17.4 Å². The Labute approximate surface area is 83.9 Å². The standard InChI is InChI=1S/C12H14O2/c1-10-5-6-11(4-2-3-7-13)12(8-10)9-14/h2,4-6,8-9,13H,3,7H2,1H3. The van der Waals surface area contributed by atoms with Crippen molar-refractivity contribution in [2.24, 2.45) is 0 Å². The lowest BCUT2D eigenvalue weighted by atomic mass is 10.0. The smallest absolute Gasteiger partial charge is 0.150 e. The van der Waals surface area contributed by atoms with E-state index in [9.17, 15) is 4.79 Å². The van der Waals surface area contributed by atoms with Crippen LogP contribution < -0.4 is 0 Å². The molecule has 0 amide bonds. The fraction of sp³-hybridized carbons (Fsp3) is 0.250. The summed E-state index contributed by atoms with van der Waals surface area (Å²) in [5.74, 6) is 0. The van der Waals surface area contributed by atoms with Gasteiger partial charge in [0.2, 0.25) is 0 Å². The summed E-state index contributed by atoms with van der Waals surface area (Å²) < 4.78 is 0. The van der Waals surface area contributed by atoms with Crippen LogP contribution in [0.5, 0.6) is 0 Å². The minimum atomic E-state index is 0.138. The Morgan fingerprint density at radius 2 is 2.14 bits per heavy atom. The Kier molecular flexibility index (Phi) is 4.08. The van der Waals surface area contributed by atoms with E-state index < -0.39 is 0 Å². The van der Waals surface area contributed by atoms with E-state index in [1.165, 1.54) is 0 Å². The van der Waals surface area contributed by atoms with Gasteiger partial charge in [-0.2, -0.15) is 0 Å². The third-order valence-electron chi connectivity index (χ3n) is 1.96. The zero-order valence-corrected chi connectivity index (χ0v) is 8.23. The first-order valence-electron chi connectivity index (χ1n) is 4.61. The second kappa shape index (κ2) is 5.35. The fourth-order valence-corrected chi connectivity index (χ4v) is 1.23. The highest BCUT2D eigenvalue weighted by atomic mass is 16.2. The highest BCUT2D eigenvalue weighted by Gasteiger charge is 1.97. The van der Waals surface area contributed by atoms with Gasteiger partial charge in [0.25, 0.3) is 0 Å². The highest BCUT2D eigenvalue weighted by molar-refractivity contribution is 5.82. The van der Waals surface area contributed by atoms with Gasteiger partial charge in [0.1, 0.15) is 0 Å². The number of aryl methyl sites for hydroxylation is 1. The van der Waals surface area contributed by atoms with Gasteiger partial charge in [0.05, 0.1) is 0 Å². The SMILES string of the molecule is Cc1ccc(C=CCCO)c(C=O)c1. The first-order chi connectivity index (χ1) is 6.77. The Balaban J connectivity index is 2.90. The molecule has 0 fully saturated rings. The zero-order chi connectivity index (χ0) is 10.4. The molecule has 0 saturated carbocycles. The molecular weight excluding hydrogens is 176 g/mol. The van der Waals surface area contributed by atoms with Gasteiger partial charge in [-0.1, -0.05) is 29.8 Å². The van der Waals surface area contributed by atoms with Crippen molar-refractivity contribution >= 4 is 12.4 Å². The minimum Gasteiger partial charge on any atom is -0.396 e. The molecule has 0 bridgehead atoms. The predicted octanol–water partition coefficient (Wildman–Crippen LogP) is 2.20. The number of carbonyl (C=O) groups excluding carboxylic acids is 1. The van der Waals surface area contributed by atoms with E-state index in [1.54, 1.807) is 0 Å². The lowest BCUT2D eigenvalue weighted by Gasteiger charge is -2.00. The normalized spacial score (nSPS) is 10.7. The van der Waals surface area contributed by atoms with Crippen molar-refractivity contribution in [2.75, 3.05) is 6.61 Å². The van der Waals surface area contributed by atoms with Crippen LogP contribution in [0.3, 0.4) is 0 Å². The molecule has 14 heavy (non-hydrogen) atoms. The van der Waals surface area contributed by atoms with Crippen LogP contribution in [0.2, 0.25) is 0 Å². The van der Waals surface area contributed by atoms with Crippen LogP contribution in [0.4, 0.5) is 0 Å². The van der Waals surface area contributed by atoms with E-state index in [1.807, 2.05) is 37.3 Å². The molecule has 0 aromatic heterocycles. The van der Waals surface area contributed by atoms with Crippen molar-refractivity contribution in [2.45, 2.75) is 13.3 Å². The summed E-state index contributed by atoms with van der Waals surface area (Å²) in [6.07, 6.45) is 5.19. The van der Waals surface area contributed by atoms with Crippen LogP contribution in [-0.4, -0.2) is 18.0 Å². The fourth-order valence-electron chi connectivity index (χ4n) is 1.23. The maximum absolute atomic E-state index is 10.7. The van der Waals surface area contributed by atoms with Crippen LogP contribution in [-0.2, 0) is 0 Å². The monoisotopic (exact) mass is 190 g/mol. The second-order valence-corrected chi connectivity index (χ2v) is 3.16. The van der Waals surface area contributed by atoms with Gasteiger partial charge in [-0.25, -0.2) is 0 Å². The third kappa shape index (κ3) is 2.82. The summed E-state index contributed by atoms with van der Waals surface area (Å²) in [6.45, 7) is 2.09. The quantitative estimate of drug-likeness (QED) is 0.739. The van der Waals surface area contributed by atoms with Gasteiger partial charge in [-0.05, 0) is 25.0 Å². The van der Waals surface area contributed by atoms with E-state index in [0.29, 0.717) is 12.0 Å². The predicted molar refractivity (Wildman–Crippen MR) is 57.3 cm³/mol. The molecule has 74 valence electrons. The number of carbonyl (C=O) groups is 1. The van der Waals surface area contributed by atoms with Crippen LogP contribution in [0, 0.1) is 6.92 Å². The van der Waals surface area contributed by atoms with Gasteiger partial charge < -0.3 is 5.11 Å². The lowest BCUT2D eigenvalue weighted by Crippen LogP contribution is -1.87. The van der Waals surface area contributed by atoms with E-state index in [2.05, 4.69) is 0 Å². The molecule has 1 aromatic rings. The van der Waals surface area contributed by atoms with Crippen molar-refractivity contribution in [3.8, 4) is 0 Å². The first-order valence-corrected chi connectivity index (χ1v) is 4.61. The zero-order valence-electron chi connectivity index (χ0n) is 8.23. The van der Waals surface area contributed by atoms with Crippen molar-refractivity contribution in [1.82, 2.24) is 0 Å². The average Bonchev–Trinajstić information content (AvgIpc) is 2.20. The summed E-state index contributed by atoms with van der Waals surface area (Å²) in [4.78, 5) is 10.7. The van der Waals surface area contributed by atoms with Crippen molar-refractivity contribution in [1.29, 1.82) is 0 Å². The Hall–Kier alpha value is -1.41. The van der Waals surface area contributed by atoms with E-state index in [4.69, 9.17) is 5.11 Å². The third-order valence-corrected chi connectivity index (χ3v) is 1.96. The molecule has 0 atom stereocenters. The average molecular weight is 190 g/mol. The van der Waals surface area contributed by atoms with Gasteiger partial charge in [-0.3, -0.25) is 4.79 Å². The van der Waals surface area contributed by atoms with E-state index in [-0.39, 0.29) is 6.61 Å². The molecule has 0 aliphatic rings. The summed E-state index contributed by atoms with van der Waals surface area (Å²) in [5.41, 5.74) is 2.67. The summed E-state index contributed by atoms with van der Waals surface area (Å²) in [6, 6.07) is 5.73. The van der Waals surface area contributed by atoms with Crippen LogP contribution in [0.25, 0.3) is 6.08 Å². The number of aliphatic hydroxyl groups excluding tert-OH is 1. The first kappa shape index (κ1) is 10.7. The molecular formula is C12H14O2. The van der Waals surface area contributed by atoms with Crippen LogP contribution >= 0.6 is 0 Å². The van der Waals surface area contributed by atoms with Gasteiger partial charge in [0.15, 0.2) is 6.29 Å². The molecule has 0 aliphatic heterocycles. The summed E-state index contributed by atoms with van der Waals surface area (Å²) >= 11 is 0. The molecule has 2 nitrogen and oxygen atoms in total. The number of aliphatic hydroxyl groups is 1. The topological polar surface area (TPSA) is 37.3 Å². The molecule has 0 radical (unpaired) electrons. The molecule has 1 rings (SSSR count). The van der Waals surface area contributed by atoms with Gasteiger partial charge in [-0.15, -0.1) is 0 Å². The number of aldehydes is 1. The number of benzene rings is 1. The number of rotatable bonds is 4. The molecule has 0 unspecified atom stereocenters. The molecule has 0 saturated heterocycles. The van der Waals surface area contributed by atoms with Crippen LogP contribution in [0.1, 0.15) is 27.9 Å². The summed E-state index contributed by atoms with van der Waals surface area (Å²) in [7, 11) is 0. The Morgan fingerprint density at radius 1 is 1.36 bits per heavy atom. The van der Waals surface area contributed by atoms with Crippen molar-refractivity contribution in [3.05, 3.63) is 41.0 Å². The van der Waals surface area contributed by atoms with Gasteiger partial charge >= 0.3 is 0 Å². The molecule has 0 spiro atoms. The second-order valence-electron chi connectivity index (χ2n) is 3.16. The molecule has 1 aromatic carbocycles. The molecule has 2 heteroatoms. The maximum atomic E-state index is 10.7. The van der Waals surface area contributed by atoms with Crippen molar-refractivity contribution < 1.29 is 9.90 Å². The van der Waals surface area contributed by atoms with E-state index >= 15 is 0 Å². The van der Waals surface area contributed by atoms with Gasteiger partial charge in [0, 0.05) is 12.2 Å². The molecule has 0 heterocycles. The maximum Gasteiger partial charge on any atom is 0.150 e. The largest absolute Gasteiger partial charge is 0.396 e. The molecule has 1 N–H and O–H groups in total. The lowest BCUT2D eigenvalue weighted by molar-refractivity contribution is 0.112. The molecule has 0 aliphatic carbocycles. The summed E-state index contributed by atoms with van der Waals surface area (Å²) in [5, 5.41) is 8.59. The minimum absolute atomic E-state index is 0.138. The Morgan fingerprint density at radius 3 is 2.79 bits per heavy atom. The number of hydrogen-bond donors (Lipinski definition) is 1.